The van der Waals surface area contributed by atoms with Gasteiger partial charge in [0.2, 0.25) is 5.91 Å². The minimum Gasteiger partial charge on any atom is -0.370 e. The molecule has 0 fully saturated rings. The molecule has 0 saturated carbocycles. The summed E-state index contributed by atoms with van der Waals surface area (Å²) in [5, 5.41) is 11.6. The van der Waals surface area contributed by atoms with Crippen LogP contribution in [0.2, 0.25) is 0 Å². The Hall–Kier alpha value is -1.38. The number of nitriles is 1. The van der Waals surface area contributed by atoms with Crippen molar-refractivity contribution in [3.63, 3.8) is 0 Å². The summed E-state index contributed by atoms with van der Waals surface area (Å²) >= 11 is 1.45. The van der Waals surface area contributed by atoms with Crippen LogP contribution in [0.1, 0.15) is 16.2 Å². The summed E-state index contributed by atoms with van der Waals surface area (Å²) in [4.78, 5) is 12.2. The zero-order valence-electron chi connectivity index (χ0n) is 7.62. The van der Waals surface area contributed by atoms with E-state index in [1.807, 2.05) is 6.07 Å². The van der Waals surface area contributed by atoms with Crippen LogP contribution in [0.3, 0.4) is 0 Å². The predicted molar refractivity (Wildman–Crippen MR) is 54.6 cm³/mol. The van der Waals surface area contributed by atoms with Gasteiger partial charge in [-0.05, 0) is 12.1 Å². The molecule has 0 atom stereocenters. The van der Waals surface area contributed by atoms with Gasteiger partial charge in [-0.25, -0.2) is 0 Å². The molecule has 0 aliphatic carbocycles. The number of carbonyl (C=O) groups is 1. The van der Waals surface area contributed by atoms with E-state index in [1.165, 1.54) is 11.3 Å². The van der Waals surface area contributed by atoms with Crippen LogP contribution in [0.15, 0.2) is 12.1 Å². The number of hydrogen-bond acceptors (Lipinski definition) is 4. The molecule has 3 N–H and O–H groups in total. The molecule has 0 bridgehead atoms. The SMILES string of the molecule is N#Cc1ccc(CNCCC(N)=O)s1. The standard InChI is InChI=1S/C9H11N3OS/c10-5-7-1-2-8(14-7)6-12-4-3-9(11)13/h1-2,12H,3-4,6H2,(H2,11,13). The zero-order chi connectivity index (χ0) is 10.4. The largest absolute Gasteiger partial charge is 0.370 e. The van der Waals surface area contributed by atoms with Crippen molar-refractivity contribution in [3.05, 3.63) is 21.9 Å². The second-order valence-corrected chi connectivity index (χ2v) is 3.94. The summed E-state index contributed by atoms with van der Waals surface area (Å²) < 4.78 is 0. The first-order chi connectivity index (χ1) is 6.72. The van der Waals surface area contributed by atoms with E-state index in [0.29, 0.717) is 24.4 Å². The van der Waals surface area contributed by atoms with E-state index in [2.05, 4.69) is 11.4 Å². The van der Waals surface area contributed by atoms with Gasteiger partial charge >= 0.3 is 0 Å². The van der Waals surface area contributed by atoms with Gasteiger partial charge in [-0.15, -0.1) is 11.3 Å². The fraction of sp³-hybridized carbons (Fsp3) is 0.333. The summed E-state index contributed by atoms with van der Waals surface area (Å²) in [6, 6.07) is 5.76. The van der Waals surface area contributed by atoms with Crippen LogP contribution in [0.5, 0.6) is 0 Å². The Morgan fingerprint density at radius 3 is 3.00 bits per heavy atom. The molecular formula is C9H11N3OS. The van der Waals surface area contributed by atoms with E-state index in [9.17, 15) is 4.79 Å². The Bertz CT molecular complexity index is 353. The molecule has 14 heavy (non-hydrogen) atoms. The van der Waals surface area contributed by atoms with E-state index in [4.69, 9.17) is 11.0 Å². The fourth-order valence-electron chi connectivity index (χ4n) is 0.956. The first kappa shape index (κ1) is 10.7. The Morgan fingerprint density at radius 2 is 2.43 bits per heavy atom. The molecule has 1 heterocycles. The molecule has 1 rings (SSSR count). The van der Waals surface area contributed by atoms with E-state index in [-0.39, 0.29) is 5.91 Å². The van der Waals surface area contributed by atoms with Crippen LogP contribution in [0.4, 0.5) is 0 Å². The zero-order valence-corrected chi connectivity index (χ0v) is 8.43. The molecule has 1 aromatic heterocycles. The molecule has 0 aliphatic rings. The van der Waals surface area contributed by atoms with Crippen molar-refractivity contribution < 1.29 is 4.79 Å². The average molecular weight is 209 g/mol. The first-order valence-corrected chi connectivity index (χ1v) is 5.02. The predicted octanol–water partition coefficient (Wildman–Crippen LogP) is 0.585. The molecule has 0 saturated heterocycles. The van der Waals surface area contributed by atoms with E-state index in [1.54, 1.807) is 6.07 Å². The van der Waals surface area contributed by atoms with Crippen molar-refractivity contribution in [3.8, 4) is 6.07 Å². The maximum Gasteiger partial charge on any atom is 0.218 e. The van der Waals surface area contributed by atoms with Crippen molar-refractivity contribution in [2.45, 2.75) is 13.0 Å². The number of rotatable bonds is 5. The normalized spacial score (nSPS) is 9.64. The van der Waals surface area contributed by atoms with Crippen molar-refractivity contribution in [2.24, 2.45) is 5.73 Å². The van der Waals surface area contributed by atoms with Gasteiger partial charge < -0.3 is 11.1 Å². The average Bonchev–Trinajstić information content (AvgIpc) is 2.60. The number of primary amides is 1. The molecule has 0 radical (unpaired) electrons. The van der Waals surface area contributed by atoms with Gasteiger partial charge in [-0.3, -0.25) is 4.79 Å². The third kappa shape index (κ3) is 3.56. The lowest BCUT2D eigenvalue weighted by atomic mass is 10.4. The summed E-state index contributed by atoms with van der Waals surface area (Å²) in [6.07, 6.45) is 0.344. The van der Waals surface area contributed by atoms with Crippen LogP contribution < -0.4 is 11.1 Å². The lowest BCUT2D eigenvalue weighted by Crippen LogP contribution is -2.21. The van der Waals surface area contributed by atoms with Gasteiger partial charge in [0.25, 0.3) is 0 Å². The van der Waals surface area contributed by atoms with Crippen molar-refractivity contribution in [1.82, 2.24) is 5.32 Å². The van der Waals surface area contributed by atoms with Crippen LogP contribution in [-0.4, -0.2) is 12.5 Å². The van der Waals surface area contributed by atoms with Crippen molar-refractivity contribution in [2.75, 3.05) is 6.54 Å². The maximum atomic E-state index is 10.4. The molecule has 0 aliphatic heterocycles. The molecule has 5 heteroatoms. The Morgan fingerprint density at radius 1 is 1.64 bits per heavy atom. The minimum absolute atomic E-state index is 0.304. The van der Waals surface area contributed by atoms with Gasteiger partial charge in [0.1, 0.15) is 10.9 Å². The van der Waals surface area contributed by atoms with Gasteiger partial charge in [0, 0.05) is 24.4 Å². The van der Waals surface area contributed by atoms with E-state index < -0.39 is 0 Å². The van der Waals surface area contributed by atoms with Crippen molar-refractivity contribution in [1.29, 1.82) is 5.26 Å². The second-order valence-electron chi connectivity index (χ2n) is 2.77. The van der Waals surface area contributed by atoms with Crippen LogP contribution >= 0.6 is 11.3 Å². The van der Waals surface area contributed by atoms with Crippen LogP contribution in [-0.2, 0) is 11.3 Å². The monoisotopic (exact) mass is 209 g/mol. The minimum atomic E-state index is -0.304. The molecule has 4 nitrogen and oxygen atoms in total. The molecule has 1 amide bonds. The highest BCUT2D eigenvalue weighted by atomic mass is 32.1. The highest BCUT2D eigenvalue weighted by molar-refractivity contribution is 7.12. The van der Waals surface area contributed by atoms with Crippen molar-refractivity contribution >= 4 is 17.2 Å². The number of carbonyl (C=O) groups excluding carboxylic acids is 1. The fourth-order valence-corrected chi connectivity index (χ4v) is 1.73. The number of nitrogens with one attached hydrogen (secondary N) is 1. The van der Waals surface area contributed by atoms with E-state index in [0.717, 1.165) is 4.88 Å². The summed E-state index contributed by atoms with van der Waals surface area (Å²) in [5.74, 6) is -0.304. The quantitative estimate of drug-likeness (QED) is 0.696. The third-order valence-corrected chi connectivity index (χ3v) is 2.61. The number of nitrogens with two attached hydrogens (primary N) is 1. The van der Waals surface area contributed by atoms with Gasteiger partial charge in [0.15, 0.2) is 0 Å². The van der Waals surface area contributed by atoms with Crippen LogP contribution in [0, 0.1) is 11.3 Å². The molecular weight excluding hydrogens is 198 g/mol. The molecule has 74 valence electrons. The number of nitrogens with zero attached hydrogens (tertiary/aromatic N) is 1. The molecule has 0 aromatic carbocycles. The Kier molecular flexibility index (Phi) is 4.11. The third-order valence-electron chi connectivity index (χ3n) is 1.62. The van der Waals surface area contributed by atoms with Gasteiger partial charge in [-0.1, -0.05) is 0 Å². The van der Waals surface area contributed by atoms with Gasteiger partial charge in [0.05, 0.1) is 0 Å². The van der Waals surface area contributed by atoms with Crippen LogP contribution in [0.25, 0.3) is 0 Å². The Balaban J connectivity index is 2.25. The summed E-state index contributed by atoms with van der Waals surface area (Å²) in [7, 11) is 0. The topological polar surface area (TPSA) is 78.9 Å². The second kappa shape index (κ2) is 5.37. The number of thiophene rings is 1. The molecule has 1 aromatic rings. The smallest absolute Gasteiger partial charge is 0.218 e. The molecule has 0 unspecified atom stereocenters. The number of hydrogen-bond donors (Lipinski definition) is 2. The Labute approximate surface area is 86.3 Å². The lowest BCUT2D eigenvalue weighted by Gasteiger charge is -1.99. The lowest BCUT2D eigenvalue weighted by molar-refractivity contribution is -0.117. The summed E-state index contributed by atoms with van der Waals surface area (Å²) in [5.41, 5.74) is 4.98. The highest BCUT2D eigenvalue weighted by Gasteiger charge is 1.99. The number of amides is 1. The highest BCUT2D eigenvalue weighted by Crippen LogP contribution is 2.14. The summed E-state index contributed by atoms with van der Waals surface area (Å²) in [6.45, 7) is 1.26. The first-order valence-electron chi connectivity index (χ1n) is 4.20. The molecule has 0 spiro atoms. The maximum absolute atomic E-state index is 10.4. The van der Waals surface area contributed by atoms with Gasteiger partial charge in [-0.2, -0.15) is 5.26 Å². The van der Waals surface area contributed by atoms with E-state index >= 15 is 0 Å².